The molecule has 11 rings (SSSR count). The normalized spacial score (nSPS) is 11.6. The molecule has 0 unspecified atom stereocenters. The first-order valence-corrected chi connectivity index (χ1v) is 18.8. The second kappa shape index (κ2) is 12.7. The number of pyridine rings is 1. The summed E-state index contributed by atoms with van der Waals surface area (Å²) in [5.41, 5.74) is 10.2. The number of aromatic nitrogens is 3. The lowest BCUT2D eigenvalue weighted by Gasteiger charge is -2.16. The molecule has 0 saturated carbocycles. The lowest BCUT2D eigenvalue weighted by molar-refractivity contribution is 1.30. The molecule has 0 aliphatic heterocycles. The first kappa shape index (κ1) is 31.8. The molecule has 2 heterocycles. The van der Waals surface area contributed by atoms with E-state index in [-0.39, 0.29) is 0 Å². The maximum absolute atomic E-state index is 10.8. The lowest BCUT2D eigenvalue weighted by atomic mass is 9.91. The zero-order valence-electron chi connectivity index (χ0n) is 30.1. The van der Waals surface area contributed by atoms with Gasteiger partial charge in [0.15, 0.2) is 0 Å². The predicted molar refractivity (Wildman–Crippen MR) is 231 cm³/mol. The van der Waals surface area contributed by atoms with E-state index in [0.717, 1.165) is 72.1 Å². The van der Waals surface area contributed by atoms with Crippen molar-refractivity contribution in [1.82, 2.24) is 15.0 Å². The zero-order chi connectivity index (χ0) is 37.2. The van der Waals surface area contributed by atoms with Crippen LogP contribution in [0.5, 0.6) is 0 Å². The highest BCUT2D eigenvalue weighted by Gasteiger charge is 2.22. The average molecular weight is 711 g/mol. The maximum atomic E-state index is 10.8. The Bertz CT molecular complexity index is 3370. The Hall–Kier alpha value is -7.74. The van der Waals surface area contributed by atoms with Gasteiger partial charge in [0.1, 0.15) is 0 Å². The molecule has 258 valence electrons. The van der Waals surface area contributed by atoms with E-state index in [4.69, 9.17) is 15.0 Å². The summed E-state index contributed by atoms with van der Waals surface area (Å²) >= 11 is 0. The molecule has 4 heteroatoms. The van der Waals surface area contributed by atoms with Crippen LogP contribution in [-0.2, 0) is 0 Å². The summed E-state index contributed by atoms with van der Waals surface area (Å²) in [6.07, 6.45) is 0. The SMILES string of the molecule is N#Cc1cc2nc(-c3ccccc3)c(-c3ccccc3)nc2c2c1c(-c1ccc(-c3ccc4c5ccccc5c5ccccc5c4c3)cc1)nc1ccccc12. The van der Waals surface area contributed by atoms with E-state index in [1.165, 1.54) is 32.3 Å². The monoisotopic (exact) mass is 710 g/mol. The fourth-order valence-electron chi connectivity index (χ4n) is 8.46. The van der Waals surface area contributed by atoms with Gasteiger partial charge in [0, 0.05) is 32.8 Å². The van der Waals surface area contributed by atoms with Gasteiger partial charge in [-0.1, -0.05) is 164 Å². The fraction of sp³-hybridized carbons (Fsp3) is 0. The second-order valence-electron chi connectivity index (χ2n) is 14.2. The molecule has 0 aliphatic rings. The highest BCUT2D eigenvalue weighted by atomic mass is 14.8. The van der Waals surface area contributed by atoms with Gasteiger partial charge < -0.3 is 0 Å². The molecule has 0 N–H and O–H groups in total. The van der Waals surface area contributed by atoms with Crippen LogP contribution in [0.2, 0.25) is 0 Å². The summed E-state index contributed by atoms with van der Waals surface area (Å²) in [7, 11) is 0. The molecular weight excluding hydrogens is 681 g/mol. The van der Waals surface area contributed by atoms with Crippen LogP contribution < -0.4 is 0 Å². The van der Waals surface area contributed by atoms with E-state index < -0.39 is 0 Å². The highest BCUT2D eigenvalue weighted by Crippen LogP contribution is 2.42. The molecule has 0 amide bonds. The van der Waals surface area contributed by atoms with E-state index in [9.17, 15) is 5.26 Å². The van der Waals surface area contributed by atoms with Crippen molar-refractivity contribution in [1.29, 1.82) is 5.26 Å². The van der Waals surface area contributed by atoms with Crippen molar-refractivity contribution in [3.63, 3.8) is 0 Å². The molecule has 0 atom stereocenters. The molecular formula is C52H30N4. The van der Waals surface area contributed by atoms with Gasteiger partial charge in [0.2, 0.25) is 0 Å². The Morgan fingerprint density at radius 1 is 0.321 bits per heavy atom. The van der Waals surface area contributed by atoms with E-state index in [2.05, 4.69) is 127 Å². The third-order valence-corrected chi connectivity index (χ3v) is 11.1. The van der Waals surface area contributed by atoms with E-state index in [1.807, 2.05) is 60.7 Å². The van der Waals surface area contributed by atoms with Crippen molar-refractivity contribution in [2.45, 2.75) is 0 Å². The van der Waals surface area contributed by atoms with Crippen molar-refractivity contribution < 1.29 is 0 Å². The molecule has 0 radical (unpaired) electrons. The van der Waals surface area contributed by atoms with Crippen LogP contribution in [0.1, 0.15) is 5.56 Å². The quantitative estimate of drug-likeness (QED) is 0.171. The average Bonchev–Trinajstić information content (AvgIpc) is 3.28. The fourth-order valence-corrected chi connectivity index (χ4v) is 8.46. The second-order valence-corrected chi connectivity index (χ2v) is 14.2. The Morgan fingerprint density at radius 2 is 0.786 bits per heavy atom. The number of benzene rings is 9. The number of nitriles is 1. The molecule has 11 aromatic rings. The summed E-state index contributed by atoms with van der Waals surface area (Å²) in [6.45, 7) is 0. The zero-order valence-corrected chi connectivity index (χ0v) is 30.1. The van der Waals surface area contributed by atoms with Crippen LogP contribution >= 0.6 is 0 Å². The number of para-hydroxylation sites is 1. The Balaban J connectivity index is 1.13. The van der Waals surface area contributed by atoms with E-state index >= 15 is 0 Å². The summed E-state index contributed by atoms with van der Waals surface area (Å²) in [5, 5.41) is 20.9. The third kappa shape index (κ3) is 4.96. The molecule has 9 aromatic carbocycles. The van der Waals surface area contributed by atoms with Crippen LogP contribution in [0.4, 0.5) is 0 Å². The summed E-state index contributed by atoms with van der Waals surface area (Å²) in [6, 6.07) is 65.5. The molecule has 0 spiro atoms. The number of nitrogens with zero attached hydrogens (tertiary/aromatic N) is 4. The third-order valence-electron chi connectivity index (χ3n) is 11.1. The molecule has 2 aromatic heterocycles. The van der Waals surface area contributed by atoms with Crippen molar-refractivity contribution in [2.75, 3.05) is 0 Å². The van der Waals surface area contributed by atoms with Crippen LogP contribution in [0.15, 0.2) is 182 Å². The van der Waals surface area contributed by atoms with Gasteiger partial charge in [-0.2, -0.15) is 5.26 Å². The predicted octanol–water partition coefficient (Wildman–Crippen LogP) is 13.3. The Kier molecular flexibility index (Phi) is 7.20. The smallest absolute Gasteiger partial charge is 0.0999 e. The minimum atomic E-state index is 0.513. The number of hydrogen-bond donors (Lipinski definition) is 0. The first-order chi connectivity index (χ1) is 27.7. The van der Waals surface area contributed by atoms with Gasteiger partial charge in [-0.25, -0.2) is 15.0 Å². The number of hydrogen-bond acceptors (Lipinski definition) is 4. The first-order valence-electron chi connectivity index (χ1n) is 18.8. The van der Waals surface area contributed by atoms with Crippen molar-refractivity contribution in [2.24, 2.45) is 0 Å². The van der Waals surface area contributed by atoms with Crippen molar-refractivity contribution in [3.05, 3.63) is 188 Å². The molecule has 4 nitrogen and oxygen atoms in total. The van der Waals surface area contributed by atoms with Gasteiger partial charge in [-0.05, 0) is 61.6 Å². The molecule has 0 aliphatic carbocycles. The van der Waals surface area contributed by atoms with Crippen molar-refractivity contribution in [3.8, 4) is 51.0 Å². The van der Waals surface area contributed by atoms with Gasteiger partial charge in [-0.3, -0.25) is 0 Å². The molecule has 0 saturated heterocycles. The Labute approximate surface area is 322 Å². The Morgan fingerprint density at radius 3 is 1.41 bits per heavy atom. The van der Waals surface area contributed by atoms with Gasteiger partial charge in [0.05, 0.1) is 45.3 Å². The number of rotatable bonds is 4. The number of fused-ring (bicyclic) bond motifs is 11. The standard InChI is InChI=1S/C52H30N4/c53-31-37-30-46-52(56-51(34-15-5-2-6-16-34)50(55-46)33-13-3-1-4-14-33)48-43-21-11-12-22-45(43)54-49(47(37)48)35-25-23-32(24-26-35)36-27-28-42-40-19-8-7-17-38(40)39-18-9-10-20-41(39)44(42)29-36/h1-30H. The minimum absolute atomic E-state index is 0.513. The topological polar surface area (TPSA) is 62.5 Å². The largest absolute Gasteiger partial charge is 0.247 e. The maximum Gasteiger partial charge on any atom is 0.0999 e. The molecule has 56 heavy (non-hydrogen) atoms. The van der Waals surface area contributed by atoms with Crippen molar-refractivity contribution >= 4 is 65.0 Å². The van der Waals surface area contributed by atoms with Gasteiger partial charge in [-0.15, -0.1) is 0 Å². The molecule has 0 fully saturated rings. The van der Waals surface area contributed by atoms with Crippen LogP contribution in [0.3, 0.4) is 0 Å². The van der Waals surface area contributed by atoms with Crippen LogP contribution in [0, 0.1) is 11.3 Å². The summed E-state index contributed by atoms with van der Waals surface area (Å²) < 4.78 is 0. The van der Waals surface area contributed by atoms with Crippen LogP contribution in [-0.4, -0.2) is 15.0 Å². The summed E-state index contributed by atoms with van der Waals surface area (Å²) in [4.78, 5) is 15.9. The minimum Gasteiger partial charge on any atom is -0.247 e. The van der Waals surface area contributed by atoms with E-state index in [1.54, 1.807) is 0 Å². The molecule has 0 bridgehead atoms. The van der Waals surface area contributed by atoms with E-state index in [0.29, 0.717) is 11.1 Å². The van der Waals surface area contributed by atoms with Gasteiger partial charge >= 0.3 is 0 Å². The van der Waals surface area contributed by atoms with Gasteiger partial charge in [0.25, 0.3) is 0 Å². The summed E-state index contributed by atoms with van der Waals surface area (Å²) in [5.74, 6) is 0. The lowest BCUT2D eigenvalue weighted by Crippen LogP contribution is -1.99. The highest BCUT2D eigenvalue weighted by molar-refractivity contribution is 6.26. The van der Waals surface area contributed by atoms with Crippen LogP contribution in [0.25, 0.3) is 110 Å².